The van der Waals surface area contributed by atoms with Gasteiger partial charge in [0.1, 0.15) is 5.75 Å². The maximum Gasteiger partial charge on any atom is 0.262 e. The van der Waals surface area contributed by atoms with E-state index in [4.69, 9.17) is 4.74 Å². The number of halogens is 1. The summed E-state index contributed by atoms with van der Waals surface area (Å²) in [6.07, 6.45) is 3.25. The SMILES string of the molecule is C=C(Br)C(=O)Nc1ccc(C(=O)/C=C/c2ccc(OC)cc2)cc1. The Morgan fingerprint density at radius 2 is 1.71 bits per heavy atom. The van der Waals surface area contributed by atoms with Crippen LogP contribution in [-0.4, -0.2) is 18.8 Å². The Morgan fingerprint density at radius 1 is 1.08 bits per heavy atom. The van der Waals surface area contributed by atoms with Gasteiger partial charge in [-0.15, -0.1) is 0 Å². The van der Waals surface area contributed by atoms with Gasteiger partial charge in [-0.2, -0.15) is 0 Å². The minimum Gasteiger partial charge on any atom is -0.497 e. The second-order valence-corrected chi connectivity index (χ2v) is 5.86. The Hall–Kier alpha value is -2.66. The van der Waals surface area contributed by atoms with Crippen LogP contribution in [0.5, 0.6) is 5.75 Å². The number of ether oxygens (including phenoxy) is 1. The van der Waals surface area contributed by atoms with Crippen molar-refractivity contribution < 1.29 is 14.3 Å². The van der Waals surface area contributed by atoms with Gasteiger partial charge >= 0.3 is 0 Å². The lowest BCUT2D eigenvalue weighted by Gasteiger charge is -2.04. The number of amides is 1. The van der Waals surface area contributed by atoms with Crippen molar-refractivity contribution in [2.45, 2.75) is 0 Å². The van der Waals surface area contributed by atoms with E-state index in [1.54, 1.807) is 37.5 Å². The molecule has 0 atom stereocenters. The topological polar surface area (TPSA) is 55.4 Å². The standard InChI is InChI=1S/C19H16BrNO3/c1-13(20)19(23)21-16-8-6-15(7-9-16)18(22)12-5-14-3-10-17(24-2)11-4-14/h3-12H,1H2,2H3,(H,21,23)/b12-5+. The normalized spacial score (nSPS) is 10.4. The highest BCUT2D eigenvalue weighted by Gasteiger charge is 2.05. The first kappa shape index (κ1) is 17.7. The third-order valence-electron chi connectivity index (χ3n) is 3.22. The van der Waals surface area contributed by atoms with Crippen molar-refractivity contribution in [2.24, 2.45) is 0 Å². The summed E-state index contributed by atoms with van der Waals surface area (Å²) >= 11 is 3.01. The van der Waals surface area contributed by atoms with E-state index in [2.05, 4.69) is 27.8 Å². The van der Waals surface area contributed by atoms with E-state index in [9.17, 15) is 9.59 Å². The zero-order valence-corrected chi connectivity index (χ0v) is 14.7. The lowest BCUT2D eigenvalue weighted by Crippen LogP contribution is -2.10. The smallest absolute Gasteiger partial charge is 0.262 e. The number of hydrogen-bond acceptors (Lipinski definition) is 3. The molecule has 0 aliphatic carbocycles. The van der Waals surface area contributed by atoms with E-state index < -0.39 is 0 Å². The van der Waals surface area contributed by atoms with E-state index in [0.717, 1.165) is 11.3 Å². The molecule has 1 amide bonds. The molecule has 0 bridgehead atoms. The summed E-state index contributed by atoms with van der Waals surface area (Å²) < 4.78 is 5.33. The number of allylic oxidation sites excluding steroid dienone is 1. The van der Waals surface area contributed by atoms with Crippen molar-refractivity contribution in [3.05, 3.63) is 76.8 Å². The average Bonchev–Trinajstić information content (AvgIpc) is 2.60. The second-order valence-electron chi connectivity index (χ2n) is 4.91. The molecule has 1 N–H and O–H groups in total. The molecular weight excluding hydrogens is 370 g/mol. The summed E-state index contributed by atoms with van der Waals surface area (Å²) in [5.74, 6) is 0.323. The van der Waals surface area contributed by atoms with Gasteiger partial charge in [-0.25, -0.2) is 0 Å². The fraction of sp³-hybridized carbons (Fsp3) is 0.0526. The number of benzene rings is 2. The number of ketones is 1. The van der Waals surface area contributed by atoms with E-state index in [0.29, 0.717) is 11.3 Å². The zero-order valence-electron chi connectivity index (χ0n) is 13.1. The van der Waals surface area contributed by atoms with Gasteiger partial charge in [0.05, 0.1) is 11.6 Å². The molecule has 0 unspecified atom stereocenters. The summed E-state index contributed by atoms with van der Waals surface area (Å²) in [6.45, 7) is 3.49. The molecule has 24 heavy (non-hydrogen) atoms. The Balaban J connectivity index is 2.02. The summed E-state index contributed by atoms with van der Waals surface area (Å²) in [5.41, 5.74) is 2.04. The van der Waals surface area contributed by atoms with Gasteiger partial charge in [-0.05, 0) is 64.0 Å². The lowest BCUT2D eigenvalue weighted by atomic mass is 10.1. The van der Waals surface area contributed by atoms with E-state index in [1.807, 2.05) is 24.3 Å². The molecular formula is C19H16BrNO3. The second kappa shape index (κ2) is 8.26. The lowest BCUT2D eigenvalue weighted by molar-refractivity contribution is -0.112. The monoisotopic (exact) mass is 385 g/mol. The van der Waals surface area contributed by atoms with Gasteiger partial charge in [0, 0.05) is 11.3 Å². The quantitative estimate of drug-likeness (QED) is 0.590. The summed E-state index contributed by atoms with van der Waals surface area (Å²) in [6, 6.07) is 14.1. The van der Waals surface area contributed by atoms with E-state index in [1.165, 1.54) is 6.08 Å². The van der Waals surface area contributed by atoms with Crippen LogP contribution in [0, 0.1) is 0 Å². The van der Waals surface area contributed by atoms with E-state index in [-0.39, 0.29) is 16.2 Å². The highest BCUT2D eigenvalue weighted by Crippen LogP contribution is 2.15. The van der Waals surface area contributed by atoms with Crippen LogP contribution in [0.25, 0.3) is 6.08 Å². The fourth-order valence-corrected chi connectivity index (χ4v) is 2.00. The van der Waals surface area contributed by atoms with Gasteiger partial charge in [0.25, 0.3) is 5.91 Å². The minimum atomic E-state index is -0.325. The molecule has 0 aliphatic rings. The Labute approximate surface area is 149 Å². The number of hydrogen-bond donors (Lipinski definition) is 1. The highest BCUT2D eigenvalue weighted by molar-refractivity contribution is 9.12. The Morgan fingerprint density at radius 3 is 2.25 bits per heavy atom. The molecule has 0 aliphatic heterocycles. The van der Waals surface area contributed by atoms with Gasteiger partial charge in [-0.1, -0.05) is 24.8 Å². The number of carbonyl (C=O) groups is 2. The molecule has 0 aromatic heterocycles. The average molecular weight is 386 g/mol. The molecule has 0 fully saturated rings. The maximum absolute atomic E-state index is 12.2. The van der Waals surface area contributed by atoms with Crippen LogP contribution in [0.2, 0.25) is 0 Å². The van der Waals surface area contributed by atoms with Crippen LogP contribution >= 0.6 is 15.9 Å². The van der Waals surface area contributed by atoms with Crippen LogP contribution < -0.4 is 10.1 Å². The van der Waals surface area contributed by atoms with Crippen molar-refractivity contribution in [3.63, 3.8) is 0 Å². The molecule has 2 aromatic rings. The summed E-state index contributed by atoms with van der Waals surface area (Å²) in [7, 11) is 1.61. The first-order valence-electron chi connectivity index (χ1n) is 7.12. The van der Waals surface area contributed by atoms with Crippen molar-refractivity contribution in [1.82, 2.24) is 0 Å². The highest BCUT2D eigenvalue weighted by atomic mass is 79.9. The molecule has 0 radical (unpaired) electrons. The third-order valence-corrected chi connectivity index (χ3v) is 3.58. The molecule has 0 saturated heterocycles. The van der Waals surface area contributed by atoms with Gasteiger partial charge in [-0.3, -0.25) is 9.59 Å². The minimum absolute atomic E-state index is 0.117. The largest absolute Gasteiger partial charge is 0.497 e. The predicted molar refractivity (Wildman–Crippen MR) is 99.5 cm³/mol. The number of carbonyl (C=O) groups excluding carboxylic acids is 2. The molecule has 5 heteroatoms. The molecule has 0 spiro atoms. The van der Waals surface area contributed by atoms with Gasteiger partial charge in [0.15, 0.2) is 5.78 Å². The number of rotatable bonds is 6. The number of methoxy groups -OCH3 is 1. The third kappa shape index (κ3) is 4.93. The molecule has 2 rings (SSSR count). The van der Waals surface area contributed by atoms with Crippen LogP contribution in [0.1, 0.15) is 15.9 Å². The Kier molecular flexibility index (Phi) is 6.09. The molecule has 0 heterocycles. The number of anilines is 1. The van der Waals surface area contributed by atoms with Crippen molar-refractivity contribution >= 4 is 39.4 Å². The van der Waals surface area contributed by atoms with Gasteiger partial charge in [0.2, 0.25) is 0 Å². The fourth-order valence-electron chi connectivity index (χ4n) is 1.90. The van der Waals surface area contributed by atoms with Crippen molar-refractivity contribution in [1.29, 1.82) is 0 Å². The molecule has 122 valence electrons. The van der Waals surface area contributed by atoms with Crippen LogP contribution in [-0.2, 0) is 4.79 Å². The van der Waals surface area contributed by atoms with E-state index >= 15 is 0 Å². The predicted octanol–water partition coefficient (Wildman–Crippen LogP) is 4.44. The maximum atomic E-state index is 12.2. The molecule has 2 aromatic carbocycles. The summed E-state index contributed by atoms with van der Waals surface area (Å²) in [5, 5.41) is 2.65. The Bertz CT molecular complexity index is 777. The van der Waals surface area contributed by atoms with Gasteiger partial charge < -0.3 is 10.1 Å². The van der Waals surface area contributed by atoms with Crippen LogP contribution in [0.4, 0.5) is 5.69 Å². The first-order chi connectivity index (χ1) is 11.5. The number of nitrogens with one attached hydrogen (secondary N) is 1. The molecule has 0 saturated carbocycles. The van der Waals surface area contributed by atoms with Crippen molar-refractivity contribution in [2.75, 3.05) is 12.4 Å². The van der Waals surface area contributed by atoms with Crippen LogP contribution in [0.3, 0.4) is 0 Å². The van der Waals surface area contributed by atoms with Crippen molar-refractivity contribution in [3.8, 4) is 5.75 Å². The first-order valence-corrected chi connectivity index (χ1v) is 7.91. The zero-order chi connectivity index (χ0) is 17.5. The summed E-state index contributed by atoms with van der Waals surface area (Å²) in [4.78, 5) is 23.7. The van der Waals surface area contributed by atoms with Crippen LogP contribution in [0.15, 0.2) is 65.7 Å². The molecule has 4 nitrogen and oxygen atoms in total.